The lowest BCUT2D eigenvalue weighted by atomic mass is 10.0. The zero-order valence-corrected chi connectivity index (χ0v) is 22.4. The van der Waals surface area contributed by atoms with E-state index in [2.05, 4.69) is 11.5 Å². The number of carbonyl (C=O) groups is 2. The summed E-state index contributed by atoms with van der Waals surface area (Å²) >= 11 is 6.06. The number of aromatic nitrogens is 3. The minimum Gasteiger partial charge on any atom is -0.465 e. The molecule has 0 bridgehead atoms. The molecule has 0 radical (unpaired) electrons. The van der Waals surface area contributed by atoms with Gasteiger partial charge >= 0.3 is 5.97 Å². The third-order valence-corrected chi connectivity index (χ3v) is 7.99. The van der Waals surface area contributed by atoms with Crippen molar-refractivity contribution in [1.82, 2.24) is 18.9 Å². The van der Waals surface area contributed by atoms with Crippen LogP contribution in [0.25, 0.3) is 28.3 Å². The maximum Gasteiger partial charge on any atom is 0.311 e. The molecule has 39 heavy (non-hydrogen) atoms. The minimum absolute atomic E-state index is 0.0808. The number of fused-ring (bicyclic) bond motifs is 2. The van der Waals surface area contributed by atoms with Gasteiger partial charge in [-0.25, -0.2) is 4.98 Å². The molecule has 8 nitrogen and oxygen atoms in total. The first-order chi connectivity index (χ1) is 18.9. The number of esters is 1. The predicted octanol–water partition coefficient (Wildman–Crippen LogP) is 4.92. The van der Waals surface area contributed by atoms with Crippen molar-refractivity contribution in [1.29, 1.82) is 0 Å². The van der Waals surface area contributed by atoms with E-state index >= 15 is 0 Å². The van der Waals surface area contributed by atoms with Crippen LogP contribution in [0.3, 0.4) is 0 Å². The fourth-order valence-corrected chi connectivity index (χ4v) is 5.70. The van der Waals surface area contributed by atoms with Crippen molar-refractivity contribution >= 4 is 29.3 Å². The zero-order chi connectivity index (χ0) is 27.1. The Hall–Kier alpha value is -3.91. The molecule has 4 aromatic rings. The number of likely N-dealkylation sites (tertiary alicyclic amines) is 1. The number of halogens is 1. The molecule has 2 aliphatic rings. The van der Waals surface area contributed by atoms with Crippen LogP contribution in [-0.4, -0.2) is 50.4 Å². The topological polar surface area (TPSA) is 85.9 Å². The van der Waals surface area contributed by atoms with E-state index in [1.807, 2.05) is 36.4 Å². The molecule has 4 heterocycles. The molecular weight excluding hydrogens is 516 g/mol. The van der Waals surface area contributed by atoms with Gasteiger partial charge in [-0.3, -0.25) is 18.8 Å². The van der Waals surface area contributed by atoms with E-state index in [0.717, 1.165) is 36.1 Å². The summed E-state index contributed by atoms with van der Waals surface area (Å²) in [5, 5.41) is 0.640. The van der Waals surface area contributed by atoms with E-state index in [0.29, 0.717) is 48.3 Å². The number of benzene rings is 2. The molecule has 200 valence electrons. The molecule has 2 fully saturated rings. The van der Waals surface area contributed by atoms with Crippen molar-refractivity contribution < 1.29 is 14.3 Å². The molecule has 2 aromatic carbocycles. The van der Waals surface area contributed by atoms with Gasteiger partial charge in [-0.15, -0.1) is 0 Å². The van der Waals surface area contributed by atoms with Gasteiger partial charge in [0, 0.05) is 54.0 Å². The summed E-state index contributed by atoms with van der Waals surface area (Å²) in [4.78, 5) is 44.9. The molecule has 0 aliphatic carbocycles. The van der Waals surface area contributed by atoms with Crippen LogP contribution in [0.15, 0.2) is 65.6 Å². The fraction of sp³-hybridized carbons (Fsp3) is 0.333. The lowest BCUT2D eigenvalue weighted by molar-refractivity contribution is -0.141. The first-order valence-electron chi connectivity index (χ1n) is 13.4. The van der Waals surface area contributed by atoms with Gasteiger partial charge in [0.25, 0.3) is 11.5 Å². The Labute approximate surface area is 230 Å². The molecule has 1 amide bonds. The van der Waals surface area contributed by atoms with Gasteiger partial charge < -0.3 is 14.2 Å². The number of hydrogen-bond donors (Lipinski definition) is 0. The molecule has 2 aliphatic heterocycles. The summed E-state index contributed by atoms with van der Waals surface area (Å²) in [6.07, 6.45) is 4.84. The van der Waals surface area contributed by atoms with Gasteiger partial charge in [0.2, 0.25) is 5.78 Å². The summed E-state index contributed by atoms with van der Waals surface area (Å²) in [5.74, 6) is 0.136. The normalized spacial score (nSPS) is 18.5. The van der Waals surface area contributed by atoms with Crippen molar-refractivity contribution in [2.45, 2.75) is 32.7 Å². The van der Waals surface area contributed by atoms with E-state index < -0.39 is 0 Å². The van der Waals surface area contributed by atoms with Crippen LogP contribution >= 0.6 is 11.6 Å². The van der Waals surface area contributed by atoms with Crippen LogP contribution in [0.5, 0.6) is 0 Å². The van der Waals surface area contributed by atoms with Gasteiger partial charge in [0.1, 0.15) is 0 Å². The highest BCUT2D eigenvalue weighted by atomic mass is 35.5. The molecule has 2 aromatic heterocycles. The van der Waals surface area contributed by atoms with Crippen molar-refractivity contribution in [3.05, 3.63) is 81.7 Å². The van der Waals surface area contributed by atoms with Crippen molar-refractivity contribution in [2.75, 3.05) is 19.7 Å². The van der Waals surface area contributed by atoms with Gasteiger partial charge in [-0.05, 0) is 36.2 Å². The lowest BCUT2D eigenvalue weighted by Crippen LogP contribution is -2.30. The standard InChI is InChI=1S/C30H29ClN4O4/c1-2-3-4-13-34-26(14-27(36)35-17-25(32-30(34)35)19-9-11-23(31)12-10-19)20-5-7-21(8-6-20)28(37)33-15-22-18-39-29(38)24(22)16-33/h5-12,14,17,22,24H,2-4,13,15-16,18H2,1H3/t22-,24-/m1/s1. The molecule has 0 unspecified atom stereocenters. The molecule has 6 rings (SSSR count). The van der Waals surface area contributed by atoms with Crippen LogP contribution in [0.1, 0.15) is 36.5 Å². The second kappa shape index (κ2) is 10.3. The summed E-state index contributed by atoms with van der Waals surface area (Å²) < 4.78 is 8.79. The number of ether oxygens (including phenoxy) is 1. The second-order valence-corrected chi connectivity index (χ2v) is 10.8. The van der Waals surface area contributed by atoms with Crippen LogP contribution in [0.2, 0.25) is 5.02 Å². The quantitative estimate of drug-likeness (QED) is 0.243. The number of nitrogens with zero attached hydrogens (tertiary/aromatic N) is 4. The van der Waals surface area contributed by atoms with Gasteiger partial charge in [-0.2, -0.15) is 0 Å². The van der Waals surface area contributed by atoms with Crippen LogP contribution in [0, 0.1) is 11.8 Å². The summed E-state index contributed by atoms with van der Waals surface area (Å²) in [6.45, 7) is 4.17. The summed E-state index contributed by atoms with van der Waals surface area (Å²) in [7, 11) is 0. The van der Waals surface area contributed by atoms with Crippen molar-refractivity contribution in [3.8, 4) is 22.5 Å². The van der Waals surface area contributed by atoms with Gasteiger partial charge in [-0.1, -0.05) is 55.6 Å². The van der Waals surface area contributed by atoms with Crippen LogP contribution < -0.4 is 5.56 Å². The number of cyclic esters (lactones) is 1. The smallest absolute Gasteiger partial charge is 0.311 e. The Kier molecular flexibility index (Phi) is 6.73. The number of hydrogen-bond acceptors (Lipinski definition) is 5. The Morgan fingerprint density at radius 1 is 1.03 bits per heavy atom. The van der Waals surface area contributed by atoms with Crippen LogP contribution in [-0.2, 0) is 16.1 Å². The van der Waals surface area contributed by atoms with Crippen molar-refractivity contribution in [3.63, 3.8) is 0 Å². The highest BCUT2D eigenvalue weighted by Gasteiger charge is 2.45. The molecule has 2 saturated heterocycles. The number of amides is 1. The Balaban J connectivity index is 1.34. The summed E-state index contributed by atoms with van der Waals surface area (Å²) in [5.41, 5.74) is 3.56. The number of carbonyl (C=O) groups excluding carboxylic acids is 2. The zero-order valence-electron chi connectivity index (χ0n) is 21.7. The molecule has 0 spiro atoms. The van der Waals surface area contributed by atoms with E-state index in [4.69, 9.17) is 21.3 Å². The third-order valence-electron chi connectivity index (χ3n) is 7.74. The monoisotopic (exact) mass is 544 g/mol. The molecule has 0 N–H and O–H groups in total. The van der Waals surface area contributed by atoms with Crippen LogP contribution in [0.4, 0.5) is 0 Å². The maximum absolute atomic E-state index is 13.2. The second-order valence-electron chi connectivity index (χ2n) is 10.3. The average Bonchev–Trinajstić information content (AvgIpc) is 3.66. The molecular formula is C30H29ClN4O4. The van der Waals surface area contributed by atoms with E-state index in [9.17, 15) is 14.4 Å². The summed E-state index contributed by atoms with van der Waals surface area (Å²) in [6, 6.07) is 16.4. The van der Waals surface area contributed by atoms with E-state index in [1.165, 1.54) is 0 Å². The Morgan fingerprint density at radius 2 is 1.77 bits per heavy atom. The third kappa shape index (κ3) is 4.74. The number of aryl methyl sites for hydroxylation is 1. The van der Waals surface area contributed by atoms with E-state index in [1.54, 1.807) is 33.7 Å². The number of unbranched alkanes of at least 4 members (excludes halogenated alkanes) is 2. The number of imidazole rings is 1. The average molecular weight is 545 g/mol. The Bertz CT molecular complexity index is 1610. The van der Waals surface area contributed by atoms with Gasteiger partial charge in [0.05, 0.1) is 23.9 Å². The van der Waals surface area contributed by atoms with Gasteiger partial charge in [0.15, 0.2) is 0 Å². The lowest BCUT2D eigenvalue weighted by Gasteiger charge is -2.18. The van der Waals surface area contributed by atoms with Crippen molar-refractivity contribution in [2.24, 2.45) is 11.8 Å². The number of rotatable bonds is 7. The largest absolute Gasteiger partial charge is 0.465 e. The molecule has 0 saturated carbocycles. The SMILES string of the molecule is CCCCCn1c(-c2ccc(C(=O)N3C[C@@H]4COC(=O)[C@@H]4C3)cc2)cc(=O)n2cc(-c3ccc(Cl)cc3)nc12. The first-order valence-corrected chi connectivity index (χ1v) is 13.8. The molecule has 9 heteroatoms. The first kappa shape index (κ1) is 25.4. The fourth-order valence-electron chi connectivity index (χ4n) is 5.57. The Morgan fingerprint density at radius 3 is 2.49 bits per heavy atom. The molecule has 2 atom stereocenters. The van der Waals surface area contributed by atoms with E-state index in [-0.39, 0.29) is 29.3 Å². The highest BCUT2D eigenvalue weighted by molar-refractivity contribution is 6.30. The highest BCUT2D eigenvalue weighted by Crippen LogP contribution is 2.31. The minimum atomic E-state index is -0.218. The maximum atomic E-state index is 13.2. The predicted molar refractivity (Wildman–Crippen MR) is 149 cm³/mol.